The van der Waals surface area contributed by atoms with Gasteiger partial charge in [0.1, 0.15) is 5.60 Å². The second-order valence-corrected chi connectivity index (χ2v) is 5.19. The highest BCUT2D eigenvalue weighted by Gasteiger charge is 2.20. The summed E-state index contributed by atoms with van der Waals surface area (Å²) < 4.78 is 4.95. The molecule has 1 aromatic rings. The SMILES string of the molecule is CC(C)(C)OC(=O)C(=O)/C=C/c1ccc(Cl)cc1. The summed E-state index contributed by atoms with van der Waals surface area (Å²) in [5, 5.41) is 0.616. The van der Waals surface area contributed by atoms with Gasteiger partial charge in [-0.3, -0.25) is 4.79 Å². The van der Waals surface area contributed by atoms with Gasteiger partial charge in [-0.15, -0.1) is 0 Å². The van der Waals surface area contributed by atoms with Crippen molar-refractivity contribution < 1.29 is 14.3 Å². The van der Waals surface area contributed by atoms with Crippen molar-refractivity contribution >= 4 is 29.4 Å². The van der Waals surface area contributed by atoms with Crippen LogP contribution in [0.15, 0.2) is 30.3 Å². The minimum Gasteiger partial charge on any atom is -0.454 e. The standard InChI is InChI=1S/C14H15ClO3/c1-14(2,3)18-13(17)12(16)9-6-10-4-7-11(15)8-5-10/h4-9H,1-3H3/b9-6+. The fourth-order valence-corrected chi connectivity index (χ4v) is 1.27. The summed E-state index contributed by atoms with van der Waals surface area (Å²) in [6.45, 7) is 5.13. The van der Waals surface area contributed by atoms with Crippen LogP contribution in [0.1, 0.15) is 26.3 Å². The van der Waals surface area contributed by atoms with Crippen LogP contribution >= 0.6 is 11.6 Å². The van der Waals surface area contributed by atoms with Crippen LogP contribution < -0.4 is 0 Å². The molecule has 3 nitrogen and oxygen atoms in total. The Hall–Kier alpha value is -1.61. The number of halogens is 1. The normalized spacial score (nSPS) is 11.6. The summed E-state index contributed by atoms with van der Waals surface area (Å²) in [6, 6.07) is 6.92. The van der Waals surface area contributed by atoms with E-state index in [4.69, 9.17) is 16.3 Å². The van der Waals surface area contributed by atoms with Crippen molar-refractivity contribution in [3.63, 3.8) is 0 Å². The Labute approximate surface area is 111 Å². The van der Waals surface area contributed by atoms with Gasteiger partial charge >= 0.3 is 5.97 Å². The van der Waals surface area contributed by atoms with Crippen molar-refractivity contribution in [1.82, 2.24) is 0 Å². The van der Waals surface area contributed by atoms with Gasteiger partial charge in [0.25, 0.3) is 5.78 Å². The van der Waals surface area contributed by atoms with Gasteiger partial charge in [-0.05, 0) is 44.5 Å². The minimum atomic E-state index is -0.854. The van der Waals surface area contributed by atoms with Crippen molar-refractivity contribution in [2.24, 2.45) is 0 Å². The zero-order chi connectivity index (χ0) is 13.8. The van der Waals surface area contributed by atoms with E-state index in [0.717, 1.165) is 5.56 Å². The Balaban J connectivity index is 2.64. The summed E-state index contributed by atoms with van der Waals surface area (Å²) in [6.07, 6.45) is 2.74. The van der Waals surface area contributed by atoms with Crippen LogP contribution in [0.4, 0.5) is 0 Å². The first-order valence-corrected chi connectivity index (χ1v) is 5.87. The van der Waals surface area contributed by atoms with E-state index in [9.17, 15) is 9.59 Å². The molecule has 0 aromatic heterocycles. The maximum Gasteiger partial charge on any atom is 0.379 e. The average molecular weight is 267 g/mol. The summed E-state index contributed by atoms with van der Waals surface area (Å²) in [7, 11) is 0. The number of ketones is 1. The topological polar surface area (TPSA) is 43.4 Å². The zero-order valence-electron chi connectivity index (χ0n) is 10.6. The third kappa shape index (κ3) is 5.15. The predicted molar refractivity (Wildman–Crippen MR) is 71.3 cm³/mol. The Bertz CT molecular complexity index is 467. The molecule has 0 atom stereocenters. The maximum absolute atomic E-state index is 11.5. The summed E-state index contributed by atoms with van der Waals surface area (Å²) in [4.78, 5) is 22.9. The second kappa shape index (κ2) is 5.83. The molecule has 0 N–H and O–H groups in total. The van der Waals surface area contributed by atoms with Gasteiger partial charge in [0.2, 0.25) is 0 Å². The molecule has 1 rings (SSSR count). The van der Waals surface area contributed by atoms with Crippen LogP contribution in [0.5, 0.6) is 0 Å². The first-order valence-electron chi connectivity index (χ1n) is 5.49. The summed E-state index contributed by atoms with van der Waals surface area (Å²) in [5.41, 5.74) is 0.122. The van der Waals surface area contributed by atoms with Crippen LogP contribution in [0, 0.1) is 0 Å². The Kier molecular flexibility index (Phi) is 4.68. The first kappa shape index (κ1) is 14.5. The molecule has 0 amide bonds. The lowest BCUT2D eigenvalue weighted by Gasteiger charge is -2.18. The summed E-state index contributed by atoms with van der Waals surface area (Å²) in [5.74, 6) is -1.53. The number of esters is 1. The Morgan fingerprint density at radius 2 is 1.72 bits per heavy atom. The molecule has 18 heavy (non-hydrogen) atoms. The largest absolute Gasteiger partial charge is 0.454 e. The highest BCUT2D eigenvalue weighted by Crippen LogP contribution is 2.11. The third-order valence-electron chi connectivity index (χ3n) is 1.90. The molecular weight excluding hydrogens is 252 g/mol. The molecule has 0 saturated carbocycles. The quantitative estimate of drug-likeness (QED) is 0.479. The lowest BCUT2D eigenvalue weighted by molar-refractivity contribution is -0.160. The Morgan fingerprint density at radius 1 is 1.17 bits per heavy atom. The fraction of sp³-hybridized carbons (Fsp3) is 0.286. The molecule has 0 unspecified atom stereocenters. The number of carbonyl (C=O) groups is 2. The van der Waals surface area contributed by atoms with Crippen LogP contribution in [0.3, 0.4) is 0 Å². The maximum atomic E-state index is 11.5. The van der Waals surface area contributed by atoms with E-state index in [-0.39, 0.29) is 0 Å². The van der Waals surface area contributed by atoms with Gasteiger partial charge in [-0.1, -0.05) is 29.8 Å². The highest BCUT2D eigenvalue weighted by molar-refractivity contribution is 6.39. The van der Waals surface area contributed by atoms with Crippen LogP contribution in [0.25, 0.3) is 6.08 Å². The molecular formula is C14H15ClO3. The molecule has 0 spiro atoms. The van der Waals surface area contributed by atoms with Crippen molar-refractivity contribution in [2.45, 2.75) is 26.4 Å². The fourth-order valence-electron chi connectivity index (χ4n) is 1.14. The smallest absolute Gasteiger partial charge is 0.379 e. The van der Waals surface area contributed by atoms with Crippen molar-refractivity contribution in [3.05, 3.63) is 40.9 Å². The van der Waals surface area contributed by atoms with Crippen LogP contribution in [-0.2, 0) is 14.3 Å². The minimum absolute atomic E-state index is 0.616. The van der Waals surface area contributed by atoms with Gasteiger partial charge < -0.3 is 4.74 Å². The monoisotopic (exact) mass is 266 g/mol. The van der Waals surface area contributed by atoms with Crippen molar-refractivity contribution in [1.29, 1.82) is 0 Å². The molecule has 0 saturated heterocycles. The van der Waals surface area contributed by atoms with E-state index in [1.54, 1.807) is 51.1 Å². The van der Waals surface area contributed by atoms with E-state index >= 15 is 0 Å². The number of hydrogen-bond acceptors (Lipinski definition) is 3. The Morgan fingerprint density at radius 3 is 2.22 bits per heavy atom. The van der Waals surface area contributed by atoms with E-state index in [1.165, 1.54) is 6.08 Å². The van der Waals surface area contributed by atoms with Crippen LogP contribution in [-0.4, -0.2) is 17.4 Å². The lowest BCUT2D eigenvalue weighted by atomic mass is 10.2. The van der Waals surface area contributed by atoms with Crippen molar-refractivity contribution in [3.8, 4) is 0 Å². The number of hydrogen-bond donors (Lipinski definition) is 0. The molecule has 0 fully saturated rings. The van der Waals surface area contributed by atoms with E-state index in [0.29, 0.717) is 5.02 Å². The first-order chi connectivity index (χ1) is 8.28. The third-order valence-corrected chi connectivity index (χ3v) is 2.15. The number of rotatable bonds is 3. The molecule has 0 aliphatic heterocycles. The molecule has 4 heteroatoms. The molecule has 0 radical (unpaired) electrons. The van der Waals surface area contributed by atoms with Crippen molar-refractivity contribution in [2.75, 3.05) is 0 Å². The molecule has 96 valence electrons. The van der Waals surface area contributed by atoms with Gasteiger partial charge in [-0.25, -0.2) is 4.79 Å². The second-order valence-electron chi connectivity index (χ2n) is 4.75. The van der Waals surface area contributed by atoms with Gasteiger partial charge in [0, 0.05) is 5.02 Å². The molecule has 0 heterocycles. The number of carbonyl (C=O) groups excluding carboxylic acids is 2. The van der Waals surface area contributed by atoms with Gasteiger partial charge in [0.15, 0.2) is 0 Å². The zero-order valence-corrected chi connectivity index (χ0v) is 11.3. The van der Waals surface area contributed by atoms with E-state index in [1.807, 2.05) is 0 Å². The molecule has 0 aliphatic rings. The lowest BCUT2D eigenvalue weighted by Crippen LogP contribution is -2.27. The molecule has 0 bridgehead atoms. The average Bonchev–Trinajstić information content (AvgIpc) is 2.25. The predicted octanol–water partition coefficient (Wildman–Crippen LogP) is 3.26. The number of benzene rings is 1. The van der Waals surface area contributed by atoms with E-state index < -0.39 is 17.4 Å². The molecule has 0 aliphatic carbocycles. The molecule has 1 aromatic carbocycles. The number of ether oxygens (including phenoxy) is 1. The van der Waals surface area contributed by atoms with Crippen LogP contribution in [0.2, 0.25) is 5.02 Å². The van der Waals surface area contributed by atoms with Gasteiger partial charge in [-0.2, -0.15) is 0 Å². The summed E-state index contributed by atoms with van der Waals surface area (Å²) >= 11 is 5.73. The highest BCUT2D eigenvalue weighted by atomic mass is 35.5. The van der Waals surface area contributed by atoms with E-state index in [2.05, 4.69) is 0 Å². The van der Waals surface area contributed by atoms with Gasteiger partial charge in [0.05, 0.1) is 0 Å².